The van der Waals surface area contributed by atoms with Crippen molar-refractivity contribution >= 4 is 43.7 Å². The lowest BCUT2D eigenvalue weighted by atomic mass is 9.80. The van der Waals surface area contributed by atoms with E-state index in [9.17, 15) is 0 Å². The van der Waals surface area contributed by atoms with E-state index >= 15 is 0 Å². The van der Waals surface area contributed by atoms with Crippen molar-refractivity contribution in [2.24, 2.45) is 0 Å². The number of benzene rings is 7. The van der Waals surface area contributed by atoms with Crippen molar-refractivity contribution in [3.8, 4) is 50.7 Å². The van der Waals surface area contributed by atoms with Gasteiger partial charge in [0.1, 0.15) is 5.58 Å². The van der Waals surface area contributed by atoms with Gasteiger partial charge >= 0.3 is 0 Å². The number of rotatable bonds is 4. The summed E-state index contributed by atoms with van der Waals surface area (Å²) in [5.41, 5.74) is 15.1. The first-order valence-electron chi connectivity index (χ1n) is 18.2. The lowest BCUT2D eigenvalue weighted by Crippen LogP contribution is -2.15. The van der Waals surface area contributed by atoms with Gasteiger partial charge in [-0.1, -0.05) is 147 Å². The molecule has 10 aromatic rings. The molecule has 0 radical (unpaired) electrons. The number of fused-ring (bicyclic) bond motifs is 12. The Kier molecular flexibility index (Phi) is 6.27. The quantitative estimate of drug-likeness (QED) is 0.186. The van der Waals surface area contributed by atoms with Crippen molar-refractivity contribution < 1.29 is 4.42 Å². The zero-order chi connectivity index (χ0) is 35.3. The summed E-state index contributed by atoms with van der Waals surface area (Å²) in [6.07, 6.45) is 0. The fourth-order valence-electron chi connectivity index (χ4n) is 8.81. The number of furan rings is 1. The zero-order valence-electron chi connectivity index (χ0n) is 29.3. The minimum Gasteiger partial charge on any atom is -0.454 e. The third-order valence-corrected chi connectivity index (χ3v) is 11.2. The smallest absolute Gasteiger partial charge is 0.160 e. The normalized spacial score (nSPS) is 13.2. The molecule has 4 heteroatoms. The Morgan fingerprint density at radius 1 is 0.547 bits per heavy atom. The van der Waals surface area contributed by atoms with Gasteiger partial charge in [0.2, 0.25) is 0 Å². The molecule has 0 saturated heterocycles. The van der Waals surface area contributed by atoms with Crippen molar-refractivity contribution in [3.05, 3.63) is 175 Å². The lowest BCUT2D eigenvalue weighted by Gasteiger charge is -2.23. The van der Waals surface area contributed by atoms with Gasteiger partial charge in [0.05, 0.1) is 22.4 Å². The molecule has 1 aliphatic rings. The number of nitrogens with zero attached hydrogens (tertiary/aromatic N) is 3. The molecular weight excluding hydrogens is 647 g/mol. The van der Waals surface area contributed by atoms with Gasteiger partial charge in [-0.25, -0.2) is 9.97 Å². The molecule has 0 N–H and O–H groups in total. The fraction of sp³-hybridized carbons (Fsp3) is 0.0612. The first-order valence-corrected chi connectivity index (χ1v) is 18.2. The predicted molar refractivity (Wildman–Crippen MR) is 218 cm³/mol. The molecule has 0 bridgehead atoms. The first kappa shape index (κ1) is 29.9. The highest BCUT2D eigenvalue weighted by Gasteiger charge is 2.41. The van der Waals surface area contributed by atoms with Crippen molar-refractivity contribution in [2.75, 3.05) is 0 Å². The molecule has 4 nitrogen and oxygen atoms in total. The Balaban J connectivity index is 1.18. The molecule has 0 spiro atoms. The second kappa shape index (κ2) is 11.1. The summed E-state index contributed by atoms with van der Waals surface area (Å²) in [5, 5.41) is 4.81. The van der Waals surface area contributed by atoms with Crippen molar-refractivity contribution in [3.63, 3.8) is 0 Å². The Labute approximate surface area is 306 Å². The SMILES string of the molecule is CC1(C)c2ccccc2-c2c1c1c3ccccc3n(-c3ccc(-c4cc(-c5ccccc5)nc(-c5ccccc5)n4)cc3)c1c1oc3ccccc3c21. The van der Waals surface area contributed by atoms with Gasteiger partial charge in [0.25, 0.3) is 0 Å². The van der Waals surface area contributed by atoms with E-state index in [0.717, 1.165) is 61.4 Å². The van der Waals surface area contributed by atoms with Gasteiger partial charge in [-0.3, -0.25) is 0 Å². The van der Waals surface area contributed by atoms with Gasteiger partial charge in [-0.15, -0.1) is 0 Å². The van der Waals surface area contributed by atoms with Crippen LogP contribution >= 0.6 is 0 Å². The maximum Gasteiger partial charge on any atom is 0.160 e. The van der Waals surface area contributed by atoms with Crippen LogP contribution in [0.3, 0.4) is 0 Å². The van der Waals surface area contributed by atoms with Crippen LogP contribution in [0, 0.1) is 0 Å². The minimum atomic E-state index is -0.213. The largest absolute Gasteiger partial charge is 0.454 e. The Morgan fingerprint density at radius 3 is 1.91 bits per heavy atom. The molecule has 0 fully saturated rings. The molecule has 3 heterocycles. The zero-order valence-corrected chi connectivity index (χ0v) is 29.3. The summed E-state index contributed by atoms with van der Waals surface area (Å²) < 4.78 is 9.34. The van der Waals surface area contributed by atoms with E-state index in [-0.39, 0.29) is 5.41 Å². The van der Waals surface area contributed by atoms with Crippen LogP contribution in [0.4, 0.5) is 0 Å². The fourth-order valence-corrected chi connectivity index (χ4v) is 8.81. The van der Waals surface area contributed by atoms with Gasteiger partial charge in [0.15, 0.2) is 11.4 Å². The van der Waals surface area contributed by atoms with E-state index < -0.39 is 0 Å². The average molecular weight is 680 g/mol. The summed E-state index contributed by atoms with van der Waals surface area (Å²) in [6, 6.07) is 57.6. The van der Waals surface area contributed by atoms with E-state index in [0.29, 0.717) is 5.82 Å². The standard InChI is InChI=1S/C49H33N3O/c1-49(2)37-22-12-9-19-34(37)42-43-36-21-11-14-24-41(36)53-47(43)46-44(45(42)49)35-20-10-13-23-40(35)52(46)33-27-25-31(26-28-33)39-29-38(30-15-5-3-6-16-30)50-48(51-39)32-17-7-4-8-18-32/h3-29H,1-2H3. The Morgan fingerprint density at radius 2 is 1.15 bits per heavy atom. The summed E-state index contributed by atoms with van der Waals surface area (Å²) in [4.78, 5) is 10.1. The van der Waals surface area contributed by atoms with Crippen LogP contribution in [-0.2, 0) is 5.41 Å². The van der Waals surface area contributed by atoms with Gasteiger partial charge in [-0.2, -0.15) is 0 Å². The van der Waals surface area contributed by atoms with Crippen molar-refractivity contribution in [2.45, 2.75) is 19.3 Å². The average Bonchev–Trinajstić information content (AvgIpc) is 3.84. The second-order valence-corrected chi connectivity index (χ2v) is 14.5. The molecule has 0 saturated carbocycles. The highest BCUT2D eigenvalue weighted by Crippen LogP contribution is 2.58. The molecule has 250 valence electrons. The molecule has 11 rings (SSSR count). The second-order valence-electron chi connectivity index (χ2n) is 14.5. The molecule has 0 atom stereocenters. The molecule has 53 heavy (non-hydrogen) atoms. The number of aromatic nitrogens is 3. The molecule has 0 unspecified atom stereocenters. The van der Waals surface area contributed by atoms with Crippen molar-refractivity contribution in [1.82, 2.24) is 14.5 Å². The van der Waals surface area contributed by atoms with Crippen molar-refractivity contribution in [1.29, 1.82) is 0 Å². The summed E-state index contributed by atoms with van der Waals surface area (Å²) >= 11 is 0. The third-order valence-electron chi connectivity index (χ3n) is 11.2. The molecule has 1 aliphatic carbocycles. The molecule has 0 amide bonds. The molecular formula is C49H33N3O. The topological polar surface area (TPSA) is 43.9 Å². The summed E-state index contributed by atoms with van der Waals surface area (Å²) in [7, 11) is 0. The highest BCUT2D eigenvalue weighted by atomic mass is 16.3. The number of hydrogen-bond donors (Lipinski definition) is 0. The highest BCUT2D eigenvalue weighted by molar-refractivity contribution is 6.29. The van der Waals surface area contributed by atoms with E-state index in [1.165, 1.54) is 38.4 Å². The Hall–Kier alpha value is -6.78. The van der Waals surface area contributed by atoms with Gasteiger partial charge in [0, 0.05) is 49.3 Å². The first-order chi connectivity index (χ1) is 26.1. The van der Waals surface area contributed by atoms with Crippen LogP contribution in [0.2, 0.25) is 0 Å². The number of hydrogen-bond acceptors (Lipinski definition) is 3. The minimum absolute atomic E-state index is 0.213. The van der Waals surface area contributed by atoms with Gasteiger partial charge in [-0.05, 0) is 52.6 Å². The van der Waals surface area contributed by atoms with Crippen LogP contribution in [-0.4, -0.2) is 14.5 Å². The van der Waals surface area contributed by atoms with E-state index in [4.69, 9.17) is 14.4 Å². The summed E-state index contributed by atoms with van der Waals surface area (Å²) in [5.74, 6) is 0.707. The third kappa shape index (κ3) is 4.30. The lowest BCUT2D eigenvalue weighted by molar-refractivity contribution is 0.663. The van der Waals surface area contributed by atoms with E-state index in [1.54, 1.807) is 0 Å². The van der Waals surface area contributed by atoms with Gasteiger partial charge < -0.3 is 8.98 Å². The number of para-hydroxylation sites is 2. The molecule has 3 aromatic heterocycles. The maximum atomic E-state index is 6.93. The van der Waals surface area contributed by atoms with Crippen LogP contribution in [0.1, 0.15) is 25.0 Å². The van der Waals surface area contributed by atoms with Crippen LogP contribution < -0.4 is 0 Å². The molecule has 0 aliphatic heterocycles. The maximum absolute atomic E-state index is 6.93. The predicted octanol–water partition coefficient (Wildman–Crippen LogP) is 12.8. The van der Waals surface area contributed by atoms with Crippen LogP contribution in [0.5, 0.6) is 0 Å². The van der Waals surface area contributed by atoms with E-state index in [2.05, 4.69) is 146 Å². The summed E-state index contributed by atoms with van der Waals surface area (Å²) in [6.45, 7) is 4.75. The van der Waals surface area contributed by atoms with Crippen LogP contribution in [0.25, 0.3) is 94.5 Å². The van der Waals surface area contributed by atoms with Crippen LogP contribution in [0.15, 0.2) is 168 Å². The monoisotopic (exact) mass is 679 g/mol. The van der Waals surface area contributed by atoms with E-state index in [1.807, 2.05) is 36.4 Å². The Bertz CT molecular complexity index is 3000. The molecule has 7 aromatic carbocycles.